The molecule has 1 N–H and O–H groups in total. The predicted molar refractivity (Wildman–Crippen MR) is 96.3 cm³/mol. The fraction of sp³-hybridized carbons (Fsp3) is 0.263. The van der Waals surface area contributed by atoms with E-state index in [1.54, 1.807) is 4.90 Å². The molecule has 2 amide bonds. The van der Waals surface area contributed by atoms with Crippen LogP contribution in [0.5, 0.6) is 0 Å². The van der Waals surface area contributed by atoms with Crippen LogP contribution in [0.25, 0.3) is 0 Å². The van der Waals surface area contributed by atoms with Crippen LogP contribution in [0.3, 0.4) is 0 Å². The highest BCUT2D eigenvalue weighted by Gasteiger charge is 2.34. The third-order valence-electron chi connectivity index (χ3n) is 4.32. The Bertz CT molecular complexity index is 758. The molecule has 5 heteroatoms. The molecule has 0 saturated carbocycles. The molecule has 1 heterocycles. The smallest absolute Gasteiger partial charge is 0.247 e. The number of amides is 2. The van der Waals surface area contributed by atoms with Crippen LogP contribution in [0.15, 0.2) is 53.0 Å². The lowest BCUT2D eigenvalue weighted by atomic mass is 9.92. The van der Waals surface area contributed by atoms with Crippen LogP contribution in [0.4, 0.5) is 0 Å². The van der Waals surface area contributed by atoms with Crippen molar-refractivity contribution in [1.82, 2.24) is 10.2 Å². The van der Waals surface area contributed by atoms with Crippen molar-refractivity contribution >= 4 is 27.7 Å². The van der Waals surface area contributed by atoms with Gasteiger partial charge in [-0.05, 0) is 35.2 Å². The molecule has 2 aromatic carbocycles. The summed E-state index contributed by atoms with van der Waals surface area (Å²) in [4.78, 5) is 26.4. The number of fused-ring (bicyclic) bond motifs is 1. The van der Waals surface area contributed by atoms with Crippen molar-refractivity contribution in [3.8, 4) is 0 Å². The molecule has 1 aliphatic rings. The van der Waals surface area contributed by atoms with Gasteiger partial charge in [-0.25, -0.2) is 0 Å². The fourth-order valence-corrected chi connectivity index (χ4v) is 3.34. The van der Waals surface area contributed by atoms with E-state index in [0.29, 0.717) is 13.1 Å². The lowest BCUT2D eigenvalue weighted by Crippen LogP contribution is -2.46. The van der Waals surface area contributed by atoms with E-state index < -0.39 is 6.04 Å². The molecular formula is C19H19BrN2O2. The molecule has 24 heavy (non-hydrogen) atoms. The van der Waals surface area contributed by atoms with Crippen molar-refractivity contribution < 1.29 is 9.59 Å². The summed E-state index contributed by atoms with van der Waals surface area (Å²) in [5.74, 6) is -0.214. The summed E-state index contributed by atoms with van der Waals surface area (Å²) in [6, 6.07) is 15.1. The van der Waals surface area contributed by atoms with Gasteiger partial charge in [-0.15, -0.1) is 0 Å². The first-order valence-corrected chi connectivity index (χ1v) is 8.72. The normalized spacial score (nSPS) is 16.4. The number of carbonyl (C=O) groups is 2. The maximum atomic E-state index is 12.8. The molecule has 0 fully saturated rings. The van der Waals surface area contributed by atoms with Gasteiger partial charge in [0.25, 0.3) is 0 Å². The van der Waals surface area contributed by atoms with Crippen LogP contribution in [0.2, 0.25) is 0 Å². The Kier molecular flexibility index (Phi) is 5.00. The average Bonchev–Trinajstić information content (AvgIpc) is 2.59. The van der Waals surface area contributed by atoms with Crippen LogP contribution in [0, 0.1) is 0 Å². The second-order valence-corrected chi connectivity index (χ2v) is 6.82. The molecule has 124 valence electrons. The summed E-state index contributed by atoms with van der Waals surface area (Å²) < 4.78 is 1.00. The third kappa shape index (κ3) is 3.51. The number of nitrogens with one attached hydrogen (secondary N) is 1. The largest absolute Gasteiger partial charge is 0.350 e. The van der Waals surface area contributed by atoms with Gasteiger partial charge in [0.2, 0.25) is 11.8 Å². The molecule has 0 unspecified atom stereocenters. The second-order valence-electron chi connectivity index (χ2n) is 5.91. The minimum absolute atomic E-state index is 0.0757. The number of hydrogen-bond acceptors (Lipinski definition) is 2. The number of rotatable bonds is 3. The molecule has 1 atom stereocenters. The molecule has 4 nitrogen and oxygen atoms in total. The zero-order valence-corrected chi connectivity index (χ0v) is 15.0. The van der Waals surface area contributed by atoms with Crippen molar-refractivity contribution in [1.29, 1.82) is 0 Å². The van der Waals surface area contributed by atoms with Gasteiger partial charge in [0.1, 0.15) is 6.04 Å². The van der Waals surface area contributed by atoms with Crippen molar-refractivity contribution in [2.45, 2.75) is 25.9 Å². The van der Waals surface area contributed by atoms with Crippen LogP contribution >= 0.6 is 15.9 Å². The highest BCUT2D eigenvalue weighted by Crippen LogP contribution is 2.30. The van der Waals surface area contributed by atoms with Gasteiger partial charge in [-0.3, -0.25) is 9.59 Å². The summed E-state index contributed by atoms with van der Waals surface area (Å²) >= 11 is 3.40. The summed E-state index contributed by atoms with van der Waals surface area (Å²) in [7, 11) is 0. The highest BCUT2D eigenvalue weighted by molar-refractivity contribution is 9.10. The number of carbonyl (C=O) groups excluding carboxylic acids is 2. The maximum Gasteiger partial charge on any atom is 0.247 e. The van der Waals surface area contributed by atoms with E-state index in [2.05, 4.69) is 21.2 Å². The third-order valence-corrected chi connectivity index (χ3v) is 4.84. The van der Waals surface area contributed by atoms with Crippen LogP contribution in [0.1, 0.15) is 29.7 Å². The van der Waals surface area contributed by atoms with E-state index >= 15 is 0 Å². The highest BCUT2D eigenvalue weighted by atomic mass is 79.9. The summed E-state index contributed by atoms with van der Waals surface area (Å²) in [6.45, 7) is 2.53. The van der Waals surface area contributed by atoms with E-state index in [1.807, 2.05) is 48.5 Å². The minimum Gasteiger partial charge on any atom is -0.350 e. The lowest BCUT2D eigenvalue weighted by Gasteiger charge is -2.35. The molecule has 1 aliphatic heterocycles. The van der Waals surface area contributed by atoms with Crippen LogP contribution < -0.4 is 5.32 Å². The maximum absolute atomic E-state index is 12.8. The Morgan fingerprint density at radius 2 is 1.88 bits per heavy atom. The standard InChI is InChI=1S/C19H19BrN2O2/c1-13(23)22-11-10-15-4-2-3-5-17(15)18(22)19(24)21-12-14-6-8-16(20)9-7-14/h2-9,18H,10-12H2,1H3,(H,21,24)/t18-/m0/s1. The topological polar surface area (TPSA) is 49.4 Å². The van der Waals surface area contributed by atoms with Gasteiger partial charge in [0.05, 0.1) is 0 Å². The molecule has 0 bridgehead atoms. The molecule has 2 aromatic rings. The lowest BCUT2D eigenvalue weighted by molar-refractivity contribution is -0.139. The molecular weight excluding hydrogens is 368 g/mol. The summed E-state index contributed by atoms with van der Waals surface area (Å²) in [5, 5.41) is 2.97. The van der Waals surface area contributed by atoms with Crippen molar-refractivity contribution in [2.24, 2.45) is 0 Å². The minimum atomic E-state index is -0.553. The molecule has 0 radical (unpaired) electrons. The van der Waals surface area contributed by atoms with Crippen molar-refractivity contribution in [3.63, 3.8) is 0 Å². The Morgan fingerprint density at radius 3 is 2.58 bits per heavy atom. The van der Waals surface area contributed by atoms with Crippen molar-refractivity contribution in [3.05, 3.63) is 69.7 Å². The van der Waals surface area contributed by atoms with Crippen molar-refractivity contribution in [2.75, 3.05) is 6.54 Å². The Hall–Kier alpha value is -2.14. The van der Waals surface area contributed by atoms with Crippen LogP contribution in [-0.4, -0.2) is 23.3 Å². The van der Waals surface area contributed by atoms with Gasteiger partial charge >= 0.3 is 0 Å². The first kappa shape index (κ1) is 16.7. The van der Waals surface area contributed by atoms with Gasteiger partial charge in [-0.1, -0.05) is 52.3 Å². The first-order chi connectivity index (χ1) is 11.6. The molecule has 0 spiro atoms. The summed E-state index contributed by atoms with van der Waals surface area (Å²) in [5.41, 5.74) is 3.08. The molecule has 0 saturated heterocycles. The van der Waals surface area contributed by atoms with Gasteiger partial charge in [0.15, 0.2) is 0 Å². The van der Waals surface area contributed by atoms with E-state index in [0.717, 1.165) is 27.6 Å². The molecule has 0 aromatic heterocycles. The SMILES string of the molecule is CC(=O)N1CCc2ccccc2[C@H]1C(=O)NCc1ccc(Br)cc1. The van der Waals surface area contributed by atoms with E-state index in [-0.39, 0.29) is 11.8 Å². The number of benzene rings is 2. The molecule has 0 aliphatic carbocycles. The zero-order valence-electron chi connectivity index (χ0n) is 13.5. The fourth-order valence-electron chi connectivity index (χ4n) is 3.08. The Balaban J connectivity index is 1.80. The average molecular weight is 387 g/mol. The number of nitrogens with zero attached hydrogens (tertiary/aromatic N) is 1. The second kappa shape index (κ2) is 7.18. The predicted octanol–water partition coefficient (Wildman–Crippen LogP) is 3.21. The monoisotopic (exact) mass is 386 g/mol. The zero-order chi connectivity index (χ0) is 17.1. The Labute approximate surface area is 150 Å². The van der Waals surface area contributed by atoms with E-state index in [4.69, 9.17) is 0 Å². The van der Waals surface area contributed by atoms with Gasteiger partial charge in [0, 0.05) is 24.5 Å². The van der Waals surface area contributed by atoms with Crippen LogP contribution in [-0.2, 0) is 22.6 Å². The van der Waals surface area contributed by atoms with E-state index in [1.165, 1.54) is 6.92 Å². The van der Waals surface area contributed by atoms with Gasteiger partial charge < -0.3 is 10.2 Å². The number of hydrogen-bond donors (Lipinski definition) is 1. The number of halogens is 1. The summed E-state index contributed by atoms with van der Waals surface area (Å²) in [6.07, 6.45) is 0.784. The molecule has 3 rings (SSSR count). The van der Waals surface area contributed by atoms with E-state index in [9.17, 15) is 9.59 Å². The Morgan fingerprint density at radius 1 is 1.17 bits per heavy atom. The van der Waals surface area contributed by atoms with Gasteiger partial charge in [-0.2, -0.15) is 0 Å². The quantitative estimate of drug-likeness (QED) is 0.880. The first-order valence-electron chi connectivity index (χ1n) is 7.93.